The molecular weight excluding hydrogens is 414 g/mol. The van der Waals surface area contributed by atoms with Crippen LogP contribution >= 0.6 is 0 Å². The van der Waals surface area contributed by atoms with E-state index in [1.165, 1.54) is 5.56 Å². The van der Waals surface area contributed by atoms with Crippen LogP contribution in [0.15, 0.2) is 54.9 Å². The summed E-state index contributed by atoms with van der Waals surface area (Å²) in [6.45, 7) is 5.50. The maximum atomic E-state index is 14.0. The Morgan fingerprint density at radius 2 is 2.00 bits per heavy atom. The molecule has 6 nitrogen and oxygen atoms in total. The Labute approximate surface area is 195 Å². The van der Waals surface area contributed by atoms with E-state index in [1.807, 2.05) is 40.0 Å². The molecule has 174 valence electrons. The third-order valence-electron chi connectivity index (χ3n) is 6.49. The van der Waals surface area contributed by atoms with Crippen molar-refractivity contribution in [2.24, 2.45) is 0 Å². The molecule has 1 aliphatic carbocycles. The second-order valence-electron chi connectivity index (χ2n) is 9.15. The normalized spacial score (nSPS) is 15.5. The zero-order valence-corrected chi connectivity index (χ0v) is 19.4. The number of hydrogen-bond acceptors (Lipinski definition) is 4. The van der Waals surface area contributed by atoms with Crippen LogP contribution in [-0.2, 0) is 24.3 Å². The van der Waals surface area contributed by atoms with Crippen molar-refractivity contribution < 1.29 is 15.0 Å². The van der Waals surface area contributed by atoms with Crippen LogP contribution in [0, 0.1) is 0 Å². The number of carbonyl (C=O) groups excluding carboxylic acids is 1. The summed E-state index contributed by atoms with van der Waals surface area (Å²) in [7, 11) is 0. The van der Waals surface area contributed by atoms with E-state index >= 15 is 0 Å². The van der Waals surface area contributed by atoms with Crippen molar-refractivity contribution in [3.63, 3.8) is 0 Å². The molecule has 1 amide bonds. The van der Waals surface area contributed by atoms with Crippen molar-refractivity contribution in [3.05, 3.63) is 77.1 Å². The maximum absolute atomic E-state index is 14.0. The molecule has 1 atom stereocenters. The molecule has 1 aromatic heterocycles. The Hall–Kier alpha value is -3.12. The zero-order chi connectivity index (χ0) is 23.4. The molecule has 2 aromatic carbocycles. The van der Waals surface area contributed by atoms with E-state index in [9.17, 15) is 9.90 Å². The van der Waals surface area contributed by atoms with E-state index in [0.29, 0.717) is 25.4 Å². The second kappa shape index (κ2) is 10.2. The minimum atomic E-state index is -0.282. The molecule has 2 N–H and O–H groups in total. The molecular formula is C27H33N3O3. The molecule has 4 rings (SSSR count). The van der Waals surface area contributed by atoms with Gasteiger partial charge in [0, 0.05) is 30.6 Å². The molecule has 0 fully saturated rings. The van der Waals surface area contributed by atoms with Gasteiger partial charge < -0.3 is 15.1 Å². The van der Waals surface area contributed by atoms with Crippen LogP contribution in [0.4, 0.5) is 5.69 Å². The third-order valence-corrected chi connectivity index (χ3v) is 6.49. The van der Waals surface area contributed by atoms with E-state index in [-0.39, 0.29) is 24.2 Å². The summed E-state index contributed by atoms with van der Waals surface area (Å²) in [4.78, 5) is 15.8. The summed E-state index contributed by atoms with van der Waals surface area (Å²) in [5.41, 5.74) is 4.87. The summed E-state index contributed by atoms with van der Waals surface area (Å²) >= 11 is 0. The Bertz CT molecular complexity index is 1090. The first kappa shape index (κ1) is 23.1. The highest BCUT2D eigenvalue weighted by atomic mass is 16.3. The van der Waals surface area contributed by atoms with Gasteiger partial charge in [-0.15, -0.1) is 0 Å². The number of phenolic OH excluding ortho intramolecular Hbond substituents is 1. The standard InChI is InChI=1S/C27H33N3O3/c1-19(2)21-10-12-22(13-11-21)30(18-20-16-28-29(17-20)14-5-15-31)27(33)25-8-3-7-24-23(25)6-4-9-26(24)32/h4,6,9-13,16-17,19,25,31-32H,3,5,7-8,14-15,18H2,1-2H3. The van der Waals surface area contributed by atoms with Gasteiger partial charge in [0.2, 0.25) is 5.91 Å². The molecule has 1 unspecified atom stereocenters. The monoisotopic (exact) mass is 447 g/mol. The average molecular weight is 448 g/mol. The molecule has 0 saturated carbocycles. The van der Waals surface area contributed by atoms with E-state index in [4.69, 9.17) is 5.11 Å². The first-order chi connectivity index (χ1) is 16.0. The first-order valence-electron chi connectivity index (χ1n) is 11.8. The number of aliphatic hydroxyl groups is 1. The predicted octanol–water partition coefficient (Wildman–Crippen LogP) is 4.75. The van der Waals surface area contributed by atoms with Crippen molar-refractivity contribution in [1.29, 1.82) is 0 Å². The number of aryl methyl sites for hydroxylation is 1. The molecule has 33 heavy (non-hydrogen) atoms. The van der Waals surface area contributed by atoms with Gasteiger partial charge in [0.05, 0.1) is 18.7 Å². The lowest BCUT2D eigenvalue weighted by Crippen LogP contribution is -2.36. The summed E-state index contributed by atoms with van der Waals surface area (Å²) in [6.07, 6.45) is 6.82. The Kier molecular flexibility index (Phi) is 7.14. The van der Waals surface area contributed by atoms with Crippen molar-refractivity contribution in [3.8, 4) is 5.75 Å². The molecule has 0 aliphatic heterocycles. The number of amides is 1. The van der Waals surface area contributed by atoms with Gasteiger partial charge in [-0.3, -0.25) is 9.48 Å². The number of rotatable bonds is 8. The molecule has 1 aliphatic rings. The molecule has 1 heterocycles. The van der Waals surface area contributed by atoms with Gasteiger partial charge in [-0.2, -0.15) is 5.10 Å². The number of anilines is 1. The smallest absolute Gasteiger partial charge is 0.234 e. The molecule has 0 spiro atoms. The third kappa shape index (κ3) is 5.11. The lowest BCUT2D eigenvalue weighted by molar-refractivity contribution is -0.120. The Balaban J connectivity index is 1.66. The predicted molar refractivity (Wildman–Crippen MR) is 129 cm³/mol. The number of phenols is 1. The van der Waals surface area contributed by atoms with Gasteiger partial charge in [0.15, 0.2) is 0 Å². The SMILES string of the molecule is CC(C)c1ccc(N(Cc2cnn(CCCO)c2)C(=O)C2CCCc3c(O)cccc32)cc1. The van der Waals surface area contributed by atoms with E-state index < -0.39 is 0 Å². The van der Waals surface area contributed by atoms with E-state index in [2.05, 4.69) is 31.1 Å². The average Bonchev–Trinajstić information content (AvgIpc) is 3.28. The number of hydrogen-bond donors (Lipinski definition) is 2. The summed E-state index contributed by atoms with van der Waals surface area (Å²) < 4.78 is 1.81. The van der Waals surface area contributed by atoms with Gasteiger partial charge >= 0.3 is 0 Å². The summed E-state index contributed by atoms with van der Waals surface area (Å²) in [6, 6.07) is 13.7. The molecule has 0 bridgehead atoms. The number of nitrogens with zero attached hydrogens (tertiary/aromatic N) is 3. The fraction of sp³-hybridized carbons (Fsp3) is 0.407. The number of carbonyl (C=O) groups is 1. The first-order valence-corrected chi connectivity index (χ1v) is 11.8. The van der Waals surface area contributed by atoms with Crippen molar-refractivity contribution >= 4 is 11.6 Å². The number of aliphatic hydroxyl groups excluding tert-OH is 1. The van der Waals surface area contributed by atoms with Gasteiger partial charge in [-0.25, -0.2) is 0 Å². The lowest BCUT2D eigenvalue weighted by atomic mass is 9.81. The van der Waals surface area contributed by atoms with Gasteiger partial charge in [-0.1, -0.05) is 38.1 Å². The number of fused-ring (bicyclic) bond motifs is 1. The number of aromatic nitrogens is 2. The van der Waals surface area contributed by atoms with E-state index in [0.717, 1.165) is 41.6 Å². The fourth-order valence-corrected chi connectivity index (χ4v) is 4.64. The van der Waals surface area contributed by atoms with Crippen molar-refractivity contribution in [1.82, 2.24) is 9.78 Å². The van der Waals surface area contributed by atoms with Crippen LogP contribution in [0.25, 0.3) is 0 Å². The highest BCUT2D eigenvalue weighted by molar-refractivity contribution is 5.98. The molecule has 3 aromatic rings. The molecule has 6 heteroatoms. The van der Waals surface area contributed by atoms with Crippen LogP contribution in [0.2, 0.25) is 0 Å². The second-order valence-corrected chi connectivity index (χ2v) is 9.15. The fourth-order valence-electron chi connectivity index (χ4n) is 4.64. The quantitative estimate of drug-likeness (QED) is 0.522. The molecule has 0 saturated heterocycles. The van der Waals surface area contributed by atoms with Crippen LogP contribution in [-0.4, -0.2) is 32.5 Å². The lowest BCUT2D eigenvalue weighted by Gasteiger charge is -2.31. The van der Waals surface area contributed by atoms with Crippen LogP contribution < -0.4 is 4.90 Å². The highest BCUT2D eigenvalue weighted by Gasteiger charge is 2.32. The van der Waals surface area contributed by atoms with Gasteiger partial charge in [0.25, 0.3) is 0 Å². The van der Waals surface area contributed by atoms with Crippen molar-refractivity contribution in [2.75, 3.05) is 11.5 Å². The van der Waals surface area contributed by atoms with Crippen molar-refractivity contribution in [2.45, 2.75) is 64.5 Å². The topological polar surface area (TPSA) is 78.6 Å². The number of aromatic hydroxyl groups is 1. The summed E-state index contributed by atoms with van der Waals surface area (Å²) in [5, 5.41) is 23.8. The molecule has 0 radical (unpaired) electrons. The van der Waals surface area contributed by atoms with E-state index in [1.54, 1.807) is 12.3 Å². The van der Waals surface area contributed by atoms with Crippen LogP contribution in [0.5, 0.6) is 5.75 Å². The van der Waals surface area contributed by atoms with Gasteiger partial charge in [-0.05, 0) is 66.5 Å². The van der Waals surface area contributed by atoms with Crippen LogP contribution in [0.1, 0.15) is 67.2 Å². The maximum Gasteiger partial charge on any atom is 0.234 e. The Morgan fingerprint density at radius 3 is 2.73 bits per heavy atom. The Morgan fingerprint density at radius 1 is 1.21 bits per heavy atom. The van der Waals surface area contributed by atoms with Gasteiger partial charge in [0.1, 0.15) is 5.75 Å². The minimum Gasteiger partial charge on any atom is -0.508 e. The summed E-state index contributed by atoms with van der Waals surface area (Å²) in [5.74, 6) is 0.459. The minimum absolute atomic E-state index is 0.0435. The largest absolute Gasteiger partial charge is 0.508 e. The van der Waals surface area contributed by atoms with Crippen LogP contribution in [0.3, 0.4) is 0 Å². The number of benzene rings is 2. The zero-order valence-electron chi connectivity index (χ0n) is 19.4. The highest BCUT2D eigenvalue weighted by Crippen LogP contribution is 2.38.